The van der Waals surface area contributed by atoms with Crippen molar-refractivity contribution in [3.63, 3.8) is 0 Å². The second-order valence-corrected chi connectivity index (χ2v) is 7.80. The van der Waals surface area contributed by atoms with Crippen LogP contribution in [0, 0.1) is 0 Å². The molecular weight excluding hydrogens is 407 g/mol. The molecule has 0 radical (unpaired) electrons. The minimum absolute atomic E-state index is 0.0978. The number of nitrogens with zero attached hydrogens (tertiary/aromatic N) is 2. The molecule has 0 aliphatic carbocycles. The summed E-state index contributed by atoms with van der Waals surface area (Å²) in [7, 11) is 0. The molecule has 3 rings (SSSR count). The van der Waals surface area contributed by atoms with Gasteiger partial charge in [0, 0.05) is 53.1 Å². The zero-order chi connectivity index (χ0) is 20.8. The predicted molar refractivity (Wildman–Crippen MR) is 117 cm³/mol. The lowest BCUT2D eigenvalue weighted by Crippen LogP contribution is -2.18. The van der Waals surface area contributed by atoms with Crippen molar-refractivity contribution >= 4 is 29.0 Å². The van der Waals surface area contributed by atoms with Gasteiger partial charge in [0.1, 0.15) is 0 Å². The summed E-state index contributed by atoms with van der Waals surface area (Å²) in [6.45, 7) is 2.41. The monoisotopic (exact) mass is 428 g/mol. The number of Topliss-reactive ketones (excluding diaryl/α,β-unsaturated/α-hetero) is 1. The summed E-state index contributed by atoms with van der Waals surface area (Å²) in [5.41, 5.74) is 3.05. The Labute approximate surface area is 180 Å². The highest BCUT2D eigenvalue weighted by Gasteiger charge is 2.12. The van der Waals surface area contributed by atoms with Crippen molar-refractivity contribution in [3.05, 3.63) is 97.6 Å². The summed E-state index contributed by atoms with van der Waals surface area (Å²) in [5, 5.41) is 1.11. The van der Waals surface area contributed by atoms with Crippen LogP contribution in [0.2, 0.25) is 10.0 Å². The Morgan fingerprint density at radius 1 is 1.07 bits per heavy atom. The number of benzene rings is 1. The zero-order valence-electron chi connectivity index (χ0n) is 16.2. The van der Waals surface area contributed by atoms with Crippen LogP contribution in [0.1, 0.15) is 53.2 Å². The first kappa shape index (κ1) is 21.3. The van der Waals surface area contributed by atoms with Gasteiger partial charge >= 0.3 is 0 Å². The van der Waals surface area contributed by atoms with E-state index in [1.165, 1.54) is 6.07 Å². The first-order valence-electron chi connectivity index (χ1n) is 9.57. The van der Waals surface area contributed by atoms with Crippen molar-refractivity contribution in [2.75, 3.05) is 0 Å². The van der Waals surface area contributed by atoms with Crippen molar-refractivity contribution in [2.45, 2.75) is 39.2 Å². The Morgan fingerprint density at radius 2 is 1.83 bits per heavy atom. The summed E-state index contributed by atoms with van der Waals surface area (Å²) in [4.78, 5) is 28.4. The van der Waals surface area contributed by atoms with Crippen LogP contribution in [0.25, 0.3) is 0 Å². The smallest absolute Gasteiger partial charge is 0.250 e. The maximum atomic E-state index is 12.3. The van der Waals surface area contributed by atoms with E-state index in [4.69, 9.17) is 23.2 Å². The Bertz CT molecular complexity index is 1080. The Hall–Kier alpha value is -2.43. The summed E-state index contributed by atoms with van der Waals surface area (Å²) in [6.07, 6.45) is 7.96. The van der Waals surface area contributed by atoms with Gasteiger partial charge in [0.15, 0.2) is 5.78 Å². The van der Waals surface area contributed by atoms with Crippen LogP contribution in [-0.4, -0.2) is 15.3 Å². The van der Waals surface area contributed by atoms with Crippen LogP contribution in [0.5, 0.6) is 0 Å². The summed E-state index contributed by atoms with van der Waals surface area (Å²) >= 11 is 13.0. The number of halogens is 2. The molecule has 0 spiro atoms. The SMILES string of the molecule is CCCCC(=O)c1cncc(Cc2cc(Cl)c(Cn3ccccc3=O)cc2Cl)c1. The molecule has 0 bridgehead atoms. The minimum atomic E-state index is -0.0978. The van der Waals surface area contributed by atoms with E-state index in [0.29, 0.717) is 35.0 Å². The molecule has 6 heteroatoms. The fraction of sp³-hybridized carbons (Fsp3) is 0.261. The predicted octanol–water partition coefficient (Wildman–Crippen LogP) is 5.56. The van der Waals surface area contributed by atoms with E-state index in [9.17, 15) is 9.59 Å². The second-order valence-electron chi connectivity index (χ2n) is 6.99. The summed E-state index contributed by atoms with van der Waals surface area (Å²) in [6, 6.07) is 10.5. The van der Waals surface area contributed by atoms with E-state index in [2.05, 4.69) is 11.9 Å². The topological polar surface area (TPSA) is 52.0 Å². The van der Waals surface area contributed by atoms with Gasteiger partial charge in [0.2, 0.25) is 0 Å². The number of hydrogen-bond donors (Lipinski definition) is 0. The lowest BCUT2D eigenvalue weighted by Gasteiger charge is -2.12. The third-order valence-corrected chi connectivity index (χ3v) is 5.43. The van der Waals surface area contributed by atoms with Crippen LogP contribution in [0.3, 0.4) is 0 Å². The molecule has 0 atom stereocenters. The molecule has 0 saturated carbocycles. The Kier molecular flexibility index (Phi) is 7.24. The fourth-order valence-corrected chi connectivity index (χ4v) is 3.60. The van der Waals surface area contributed by atoms with Gasteiger partial charge in [-0.2, -0.15) is 0 Å². The summed E-state index contributed by atoms with van der Waals surface area (Å²) in [5.74, 6) is 0.106. The number of pyridine rings is 2. The molecule has 150 valence electrons. The van der Waals surface area contributed by atoms with Crippen LogP contribution in [0.15, 0.2) is 59.8 Å². The highest BCUT2D eigenvalue weighted by Crippen LogP contribution is 2.28. The van der Waals surface area contributed by atoms with E-state index in [-0.39, 0.29) is 11.3 Å². The normalized spacial score (nSPS) is 10.9. The average Bonchev–Trinajstić information content (AvgIpc) is 2.71. The van der Waals surface area contributed by atoms with Gasteiger partial charge in [-0.25, -0.2) is 0 Å². The average molecular weight is 429 g/mol. The van der Waals surface area contributed by atoms with E-state index in [1.807, 2.05) is 12.1 Å². The first-order chi connectivity index (χ1) is 14.0. The number of unbranched alkanes of at least 4 members (excludes halogenated alkanes) is 1. The van der Waals surface area contributed by atoms with Gasteiger partial charge in [-0.15, -0.1) is 0 Å². The van der Waals surface area contributed by atoms with E-state index in [1.54, 1.807) is 41.4 Å². The first-order valence-corrected chi connectivity index (χ1v) is 10.3. The molecule has 3 aromatic rings. The van der Waals surface area contributed by atoms with Crippen LogP contribution >= 0.6 is 23.2 Å². The van der Waals surface area contributed by atoms with Gasteiger partial charge in [-0.3, -0.25) is 14.6 Å². The molecule has 2 heterocycles. The number of carbonyl (C=O) groups excluding carboxylic acids is 1. The van der Waals surface area contributed by atoms with Crippen molar-refractivity contribution in [1.29, 1.82) is 0 Å². The highest BCUT2D eigenvalue weighted by molar-refractivity contribution is 6.34. The summed E-state index contributed by atoms with van der Waals surface area (Å²) < 4.78 is 1.58. The standard InChI is InChI=1S/C23H22Cl2N2O2/c1-2-3-6-22(28)18-10-16(13-26-14-18)9-17-11-21(25)19(12-20(17)24)15-27-8-5-4-7-23(27)29/h4-5,7-8,10-14H,2-3,6,9,15H2,1H3. The van der Waals surface area contributed by atoms with E-state index in [0.717, 1.165) is 29.5 Å². The molecule has 0 amide bonds. The lowest BCUT2D eigenvalue weighted by atomic mass is 10.0. The van der Waals surface area contributed by atoms with Crippen LogP contribution in [-0.2, 0) is 13.0 Å². The number of aromatic nitrogens is 2. The van der Waals surface area contributed by atoms with E-state index >= 15 is 0 Å². The molecule has 29 heavy (non-hydrogen) atoms. The molecule has 0 N–H and O–H groups in total. The van der Waals surface area contributed by atoms with Crippen LogP contribution < -0.4 is 5.56 Å². The largest absolute Gasteiger partial charge is 0.311 e. The molecule has 0 fully saturated rings. The zero-order valence-corrected chi connectivity index (χ0v) is 17.7. The maximum Gasteiger partial charge on any atom is 0.250 e. The van der Waals surface area contributed by atoms with Crippen molar-refractivity contribution in [2.24, 2.45) is 0 Å². The molecular formula is C23H22Cl2N2O2. The van der Waals surface area contributed by atoms with Crippen molar-refractivity contribution in [1.82, 2.24) is 9.55 Å². The number of rotatable bonds is 8. The van der Waals surface area contributed by atoms with Gasteiger partial charge in [0.25, 0.3) is 5.56 Å². The van der Waals surface area contributed by atoms with Gasteiger partial charge in [-0.1, -0.05) is 42.6 Å². The van der Waals surface area contributed by atoms with Crippen LogP contribution in [0.4, 0.5) is 0 Å². The molecule has 0 unspecified atom stereocenters. The van der Waals surface area contributed by atoms with Gasteiger partial charge < -0.3 is 4.57 Å². The third-order valence-electron chi connectivity index (χ3n) is 4.72. The second kappa shape index (κ2) is 9.86. The molecule has 0 aliphatic rings. The lowest BCUT2D eigenvalue weighted by molar-refractivity contribution is 0.0979. The maximum absolute atomic E-state index is 12.3. The molecule has 0 saturated heterocycles. The third kappa shape index (κ3) is 5.55. The molecule has 2 aromatic heterocycles. The highest BCUT2D eigenvalue weighted by atomic mass is 35.5. The van der Waals surface area contributed by atoms with E-state index < -0.39 is 0 Å². The van der Waals surface area contributed by atoms with Gasteiger partial charge in [0.05, 0.1) is 6.54 Å². The molecule has 4 nitrogen and oxygen atoms in total. The molecule has 1 aromatic carbocycles. The van der Waals surface area contributed by atoms with Gasteiger partial charge in [-0.05, 0) is 47.4 Å². The molecule has 0 aliphatic heterocycles. The fourth-order valence-electron chi connectivity index (χ4n) is 3.10. The quantitative estimate of drug-likeness (QED) is 0.441. The van der Waals surface area contributed by atoms with Crippen molar-refractivity contribution in [3.8, 4) is 0 Å². The minimum Gasteiger partial charge on any atom is -0.311 e. The number of carbonyl (C=O) groups is 1. The number of ketones is 1. The van der Waals surface area contributed by atoms with Crippen molar-refractivity contribution < 1.29 is 4.79 Å². The Morgan fingerprint density at radius 3 is 2.59 bits per heavy atom. The number of hydrogen-bond acceptors (Lipinski definition) is 3. The Balaban J connectivity index is 1.80.